The molecule has 0 radical (unpaired) electrons. The Morgan fingerprint density at radius 1 is 1.44 bits per heavy atom. The van der Waals surface area contributed by atoms with Gasteiger partial charge in [-0.15, -0.1) is 0 Å². The summed E-state index contributed by atoms with van der Waals surface area (Å²) in [6, 6.07) is -1.01. The number of nitrogens with one attached hydrogen (secondary N) is 1. The molecule has 0 saturated carbocycles. The smallest absolute Gasteiger partial charge is 0.318 e. The first-order chi connectivity index (χ1) is 7.41. The average Bonchev–Trinajstić information content (AvgIpc) is 2.64. The van der Waals surface area contributed by atoms with E-state index in [0.717, 1.165) is 19.5 Å². The van der Waals surface area contributed by atoms with Crippen LogP contribution in [0.15, 0.2) is 0 Å². The van der Waals surface area contributed by atoms with Crippen molar-refractivity contribution in [1.82, 2.24) is 10.2 Å². The predicted octanol–water partition coefficient (Wildman–Crippen LogP) is -0.761. The Morgan fingerprint density at radius 2 is 2.06 bits per heavy atom. The monoisotopic (exact) mass is 228 g/mol. The van der Waals surface area contributed by atoms with E-state index in [1.165, 1.54) is 0 Å². The second-order valence-corrected chi connectivity index (χ2v) is 4.43. The van der Waals surface area contributed by atoms with Crippen LogP contribution in [0.4, 0.5) is 4.79 Å². The van der Waals surface area contributed by atoms with Crippen LogP contribution in [0, 0.1) is 5.92 Å². The minimum atomic E-state index is -0.806. The second-order valence-electron chi connectivity index (χ2n) is 4.43. The molecule has 3 unspecified atom stereocenters. The minimum absolute atomic E-state index is 0.136. The summed E-state index contributed by atoms with van der Waals surface area (Å²) in [5, 5.41) is 2.09. The van der Waals surface area contributed by atoms with Gasteiger partial charge in [0, 0.05) is 12.6 Å². The zero-order valence-corrected chi connectivity index (χ0v) is 9.77. The van der Waals surface area contributed by atoms with Gasteiger partial charge in [-0.25, -0.2) is 4.79 Å². The molecular weight excluding hydrogens is 208 g/mol. The molecule has 0 aromatic carbocycles. The molecule has 1 fully saturated rings. The molecule has 3 amide bonds. The van der Waals surface area contributed by atoms with Crippen LogP contribution in [0.5, 0.6) is 0 Å². The molecule has 5 N–H and O–H groups in total. The summed E-state index contributed by atoms with van der Waals surface area (Å²) in [4.78, 5) is 24.1. The molecule has 0 bridgehead atoms. The molecule has 6 nitrogen and oxygen atoms in total. The summed E-state index contributed by atoms with van der Waals surface area (Å²) < 4.78 is 0. The summed E-state index contributed by atoms with van der Waals surface area (Å²) in [6.45, 7) is 5.37. The van der Waals surface area contributed by atoms with Crippen molar-refractivity contribution in [3.63, 3.8) is 0 Å². The van der Waals surface area contributed by atoms with Crippen LogP contribution in [0.1, 0.15) is 20.3 Å². The van der Waals surface area contributed by atoms with Crippen molar-refractivity contribution in [2.45, 2.75) is 32.4 Å². The first-order valence-electron chi connectivity index (χ1n) is 5.51. The number of nitrogens with zero attached hydrogens (tertiary/aromatic N) is 1. The highest BCUT2D eigenvalue weighted by molar-refractivity contribution is 5.96. The average molecular weight is 228 g/mol. The molecule has 6 heteroatoms. The highest BCUT2D eigenvalue weighted by atomic mass is 16.2. The molecule has 0 spiro atoms. The van der Waals surface area contributed by atoms with Crippen molar-refractivity contribution in [3.05, 3.63) is 0 Å². The number of imide groups is 1. The van der Waals surface area contributed by atoms with Crippen LogP contribution in [0.25, 0.3) is 0 Å². The zero-order valence-electron chi connectivity index (χ0n) is 9.77. The summed E-state index contributed by atoms with van der Waals surface area (Å²) in [5.74, 6) is 0.0710. The zero-order chi connectivity index (χ0) is 12.3. The molecule has 1 aliphatic rings. The largest absolute Gasteiger partial charge is 0.351 e. The summed E-state index contributed by atoms with van der Waals surface area (Å²) in [7, 11) is 0. The molecular formula is C10H20N4O2. The third kappa shape index (κ3) is 3.18. The number of nitrogens with two attached hydrogens (primary N) is 2. The van der Waals surface area contributed by atoms with Gasteiger partial charge in [0.15, 0.2) is 0 Å². The van der Waals surface area contributed by atoms with Crippen molar-refractivity contribution < 1.29 is 9.59 Å². The molecule has 0 aromatic heterocycles. The van der Waals surface area contributed by atoms with Crippen molar-refractivity contribution >= 4 is 11.9 Å². The molecule has 1 rings (SSSR count). The van der Waals surface area contributed by atoms with E-state index in [-0.39, 0.29) is 18.0 Å². The van der Waals surface area contributed by atoms with E-state index in [4.69, 9.17) is 11.5 Å². The first kappa shape index (κ1) is 12.9. The van der Waals surface area contributed by atoms with Gasteiger partial charge in [-0.05, 0) is 32.7 Å². The van der Waals surface area contributed by atoms with Crippen molar-refractivity contribution in [2.75, 3.05) is 13.1 Å². The summed E-state index contributed by atoms with van der Waals surface area (Å²) in [6.07, 6.45) is 0.992. The maximum atomic E-state index is 11.5. The van der Waals surface area contributed by atoms with Gasteiger partial charge in [0.2, 0.25) is 5.91 Å². The number of primary amides is 1. The summed E-state index contributed by atoms with van der Waals surface area (Å²) in [5.41, 5.74) is 10.7. The molecule has 3 atom stereocenters. The van der Waals surface area contributed by atoms with E-state index in [2.05, 4.69) is 5.32 Å². The quantitative estimate of drug-likeness (QED) is 0.591. The van der Waals surface area contributed by atoms with Gasteiger partial charge in [-0.2, -0.15) is 0 Å². The Bertz CT molecular complexity index is 280. The number of amides is 3. The maximum absolute atomic E-state index is 11.5. The van der Waals surface area contributed by atoms with Crippen LogP contribution < -0.4 is 16.8 Å². The number of likely N-dealkylation sites (tertiary alicyclic amines) is 1. The second kappa shape index (κ2) is 5.27. The molecule has 1 aliphatic heterocycles. The van der Waals surface area contributed by atoms with Crippen LogP contribution in [0.3, 0.4) is 0 Å². The standard InChI is InChI=1S/C10H20N4O2/c1-6(11)8-3-4-14(5-8)7(2)9(15)13-10(12)16/h6-8H,3-5,11H2,1-2H3,(H3,12,13,15,16). The van der Waals surface area contributed by atoms with Crippen molar-refractivity contribution in [3.8, 4) is 0 Å². The lowest BCUT2D eigenvalue weighted by molar-refractivity contribution is -0.124. The van der Waals surface area contributed by atoms with E-state index >= 15 is 0 Å². The molecule has 0 aliphatic carbocycles. The topological polar surface area (TPSA) is 101 Å². The number of rotatable bonds is 3. The van der Waals surface area contributed by atoms with Crippen molar-refractivity contribution in [2.24, 2.45) is 17.4 Å². The van der Waals surface area contributed by atoms with Gasteiger partial charge in [-0.1, -0.05) is 0 Å². The van der Waals surface area contributed by atoms with Crippen LogP contribution in [-0.2, 0) is 4.79 Å². The van der Waals surface area contributed by atoms with E-state index < -0.39 is 6.03 Å². The van der Waals surface area contributed by atoms with Gasteiger partial charge in [0.25, 0.3) is 0 Å². The third-order valence-corrected chi connectivity index (χ3v) is 3.17. The van der Waals surface area contributed by atoms with Gasteiger partial charge in [0.05, 0.1) is 6.04 Å². The van der Waals surface area contributed by atoms with Gasteiger partial charge in [0.1, 0.15) is 0 Å². The maximum Gasteiger partial charge on any atom is 0.318 e. The lowest BCUT2D eigenvalue weighted by atomic mass is 10.0. The Morgan fingerprint density at radius 3 is 2.50 bits per heavy atom. The number of hydrogen-bond acceptors (Lipinski definition) is 4. The molecule has 1 saturated heterocycles. The van der Waals surface area contributed by atoms with Crippen LogP contribution >= 0.6 is 0 Å². The Hall–Kier alpha value is -1.14. The number of carbonyl (C=O) groups excluding carboxylic acids is 2. The minimum Gasteiger partial charge on any atom is -0.351 e. The van der Waals surface area contributed by atoms with Gasteiger partial charge < -0.3 is 11.5 Å². The number of urea groups is 1. The molecule has 1 heterocycles. The number of carbonyl (C=O) groups is 2. The van der Waals surface area contributed by atoms with Crippen LogP contribution in [0.2, 0.25) is 0 Å². The highest BCUT2D eigenvalue weighted by Crippen LogP contribution is 2.20. The van der Waals surface area contributed by atoms with Crippen LogP contribution in [-0.4, -0.2) is 42.0 Å². The highest BCUT2D eigenvalue weighted by Gasteiger charge is 2.31. The third-order valence-electron chi connectivity index (χ3n) is 3.17. The van der Waals surface area contributed by atoms with Crippen molar-refractivity contribution in [1.29, 1.82) is 0 Å². The summed E-state index contributed by atoms with van der Waals surface area (Å²) >= 11 is 0. The Kier molecular flexibility index (Phi) is 4.26. The molecule has 92 valence electrons. The fraction of sp³-hybridized carbons (Fsp3) is 0.800. The van der Waals surface area contributed by atoms with Gasteiger partial charge >= 0.3 is 6.03 Å². The fourth-order valence-electron chi connectivity index (χ4n) is 1.99. The predicted molar refractivity (Wildman–Crippen MR) is 60.5 cm³/mol. The van der Waals surface area contributed by atoms with E-state index in [0.29, 0.717) is 5.92 Å². The Balaban J connectivity index is 2.47. The van der Waals surface area contributed by atoms with E-state index in [1.54, 1.807) is 6.92 Å². The SMILES string of the molecule is CC(N)C1CCN(C(C)C(=O)NC(N)=O)C1. The lowest BCUT2D eigenvalue weighted by Crippen LogP contribution is -2.48. The lowest BCUT2D eigenvalue weighted by Gasteiger charge is -2.23. The number of hydrogen-bond donors (Lipinski definition) is 3. The fourth-order valence-corrected chi connectivity index (χ4v) is 1.99. The van der Waals surface area contributed by atoms with Gasteiger partial charge in [-0.3, -0.25) is 15.0 Å². The van der Waals surface area contributed by atoms with E-state index in [1.807, 2.05) is 11.8 Å². The van der Waals surface area contributed by atoms with E-state index in [9.17, 15) is 9.59 Å². The molecule has 16 heavy (non-hydrogen) atoms. The normalized spacial score (nSPS) is 25.1. The first-order valence-corrected chi connectivity index (χ1v) is 5.51. The Labute approximate surface area is 95.3 Å². The molecule has 0 aromatic rings.